The topological polar surface area (TPSA) is 40.6 Å². The summed E-state index contributed by atoms with van der Waals surface area (Å²) in [5.74, 6) is 0. The van der Waals surface area contributed by atoms with Gasteiger partial charge in [-0.15, -0.1) is 0 Å². The van der Waals surface area contributed by atoms with Crippen LogP contribution >= 0.6 is 31.9 Å². The zero-order valence-electron chi connectivity index (χ0n) is 14.1. The average Bonchev–Trinajstić information content (AvgIpc) is 2.55. The minimum atomic E-state index is 0.681. The van der Waals surface area contributed by atoms with Crippen LogP contribution in [0.1, 0.15) is 20.7 Å². The summed E-state index contributed by atoms with van der Waals surface area (Å²) in [6, 6.07) is 11.3. The molecule has 128 valence electrons. The third-order valence-corrected chi connectivity index (χ3v) is 4.63. The molecule has 0 bridgehead atoms. The van der Waals surface area contributed by atoms with Crippen LogP contribution in [-0.4, -0.2) is 40.8 Å². The lowest BCUT2D eigenvalue weighted by Gasteiger charge is -2.12. The second-order valence-electron chi connectivity index (χ2n) is 5.44. The van der Waals surface area contributed by atoms with Crippen LogP contribution in [0.5, 0.6) is 0 Å². The molecule has 0 N–H and O–H groups in total. The van der Waals surface area contributed by atoms with Crippen molar-refractivity contribution in [3.63, 3.8) is 0 Å². The van der Waals surface area contributed by atoms with Crippen LogP contribution in [0.2, 0.25) is 0 Å². The average molecular weight is 456 g/mol. The van der Waals surface area contributed by atoms with Crippen molar-refractivity contribution in [3.05, 3.63) is 56.5 Å². The first kappa shape index (κ1) is 20.4. The predicted octanol–water partition coefficient (Wildman–Crippen LogP) is 4.66. The molecule has 0 aliphatic heterocycles. The minimum Gasteiger partial charge on any atom is -0.378 e. The standard InChI is InChI=1S/2C9H10BrNO/c2*1-11(2)8-4-3-7(6-12)9(10)5-8/h2*3-6H,1-2H3. The Morgan fingerprint density at radius 1 is 0.708 bits per heavy atom. The van der Waals surface area contributed by atoms with E-state index >= 15 is 0 Å². The van der Waals surface area contributed by atoms with Crippen molar-refractivity contribution in [2.45, 2.75) is 0 Å². The van der Waals surface area contributed by atoms with E-state index in [1.165, 1.54) is 0 Å². The third-order valence-electron chi connectivity index (χ3n) is 3.25. The maximum Gasteiger partial charge on any atom is 0.151 e. The van der Waals surface area contributed by atoms with E-state index in [4.69, 9.17) is 0 Å². The molecule has 0 saturated heterocycles. The van der Waals surface area contributed by atoms with Crippen LogP contribution < -0.4 is 9.80 Å². The number of anilines is 2. The molecule has 2 rings (SSSR count). The van der Waals surface area contributed by atoms with Crippen molar-refractivity contribution in [2.75, 3.05) is 38.0 Å². The van der Waals surface area contributed by atoms with Crippen LogP contribution in [0.15, 0.2) is 45.3 Å². The van der Waals surface area contributed by atoms with Gasteiger partial charge in [0.25, 0.3) is 0 Å². The summed E-state index contributed by atoms with van der Waals surface area (Å²) in [4.78, 5) is 24.9. The number of rotatable bonds is 4. The second-order valence-corrected chi connectivity index (χ2v) is 7.14. The number of carbonyl (C=O) groups excluding carboxylic acids is 2. The Kier molecular flexibility index (Phi) is 8.15. The van der Waals surface area contributed by atoms with Crippen molar-refractivity contribution in [1.29, 1.82) is 0 Å². The van der Waals surface area contributed by atoms with E-state index in [9.17, 15) is 9.59 Å². The molecule has 2 aromatic rings. The zero-order chi connectivity index (χ0) is 18.3. The van der Waals surface area contributed by atoms with Crippen molar-refractivity contribution < 1.29 is 9.59 Å². The van der Waals surface area contributed by atoms with Gasteiger partial charge < -0.3 is 9.80 Å². The predicted molar refractivity (Wildman–Crippen MR) is 108 cm³/mol. The lowest BCUT2D eigenvalue weighted by Crippen LogP contribution is -2.08. The lowest BCUT2D eigenvalue weighted by molar-refractivity contribution is 0.111. The molecular weight excluding hydrogens is 436 g/mol. The Hall–Kier alpha value is -1.66. The molecule has 0 saturated carbocycles. The van der Waals surface area contributed by atoms with Crippen molar-refractivity contribution >= 4 is 55.8 Å². The summed E-state index contributed by atoms with van der Waals surface area (Å²) in [5.41, 5.74) is 3.51. The number of halogens is 2. The fourth-order valence-corrected chi connectivity index (χ4v) is 2.70. The van der Waals surface area contributed by atoms with Crippen molar-refractivity contribution in [2.24, 2.45) is 0 Å². The Bertz CT molecular complexity index is 655. The first-order valence-corrected chi connectivity index (χ1v) is 8.72. The molecule has 0 aliphatic rings. The summed E-state index contributed by atoms with van der Waals surface area (Å²) in [7, 11) is 7.84. The monoisotopic (exact) mass is 454 g/mol. The Balaban J connectivity index is 0.000000240. The number of hydrogen-bond acceptors (Lipinski definition) is 4. The first-order chi connectivity index (χ1) is 11.3. The van der Waals surface area contributed by atoms with Gasteiger partial charge in [0, 0.05) is 59.6 Å². The van der Waals surface area contributed by atoms with Crippen molar-refractivity contribution in [3.8, 4) is 0 Å². The van der Waals surface area contributed by atoms with Gasteiger partial charge >= 0.3 is 0 Å². The van der Waals surface area contributed by atoms with E-state index in [-0.39, 0.29) is 0 Å². The number of benzene rings is 2. The van der Waals surface area contributed by atoms with E-state index in [1.54, 1.807) is 12.1 Å². The Morgan fingerprint density at radius 3 is 1.25 bits per heavy atom. The Morgan fingerprint density at radius 2 is 1.04 bits per heavy atom. The van der Waals surface area contributed by atoms with Crippen LogP contribution in [0.4, 0.5) is 11.4 Å². The Labute approximate surface area is 159 Å². The quantitative estimate of drug-likeness (QED) is 0.629. The van der Waals surface area contributed by atoms with Gasteiger partial charge in [0.2, 0.25) is 0 Å². The van der Waals surface area contributed by atoms with Gasteiger partial charge in [-0.05, 0) is 68.3 Å². The summed E-state index contributed by atoms with van der Waals surface area (Å²) in [6.07, 6.45) is 1.67. The summed E-state index contributed by atoms with van der Waals surface area (Å²) < 4.78 is 1.67. The van der Waals surface area contributed by atoms with Gasteiger partial charge in [-0.3, -0.25) is 9.59 Å². The molecule has 4 nitrogen and oxygen atoms in total. The molecule has 0 aromatic heterocycles. The molecule has 6 heteroatoms. The molecule has 0 radical (unpaired) electrons. The largest absolute Gasteiger partial charge is 0.378 e. The van der Waals surface area contributed by atoms with Gasteiger partial charge in [0.15, 0.2) is 12.6 Å². The molecule has 0 heterocycles. The van der Waals surface area contributed by atoms with Gasteiger partial charge in [-0.25, -0.2) is 0 Å². The number of aldehydes is 2. The highest BCUT2D eigenvalue weighted by molar-refractivity contribution is 9.10. The molecule has 2 aromatic carbocycles. The fourth-order valence-electron chi connectivity index (χ4n) is 1.78. The van der Waals surface area contributed by atoms with Gasteiger partial charge in [0.05, 0.1) is 0 Å². The molecule has 0 fully saturated rings. The van der Waals surface area contributed by atoms with E-state index in [0.29, 0.717) is 11.1 Å². The number of nitrogens with zero attached hydrogens (tertiary/aromatic N) is 2. The maximum atomic E-state index is 10.5. The van der Waals surface area contributed by atoms with Crippen LogP contribution in [0, 0.1) is 0 Å². The highest BCUT2D eigenvalue weighted by atomic mass is 79.9. The molecule has 24 heavy (non-hydrogen) atoms. The van der Waals surface area contributed by atoms with Gasteiger partial charge in [-0.1, -0.05) is 0 Å². The molecule has 0 atom stereocenters. The lowest BCUT2D eigenvalue weighted by atomic mass is 10.2. The summed E-state index contributed by atoms with van der Waals surface area (Å²) in [5, 5.41) is 0. The molecule has 0 aliphatic carbocycles. The van der Waals surface area contributed by atoms with Crippen LogP contribution in [0.3, 0.4) is 0 Å². The zero-order valence-corrected chi connectivity index (χ0v) is 17.3. The highest BCUT2D eigenvalue weighted by Gasteiger charge is 2.01. The summed E-state index contributed by atoms with van der Waals surface area (Å²) >= 11 is 6.64. The van der Waals surface area contributed by atoms with Crippen LogP contribution in [-0.2, 0) is 0 Å². The number of hydrogen-bond donors (Lipinski definition) is 0. The van der Waals surface area contributed by atoms with E-state index in [0.717, 1.165) is 32.9 Å². The van der Waals surface area contributed by atoms with Gasteiger partial charge in [0.1, 0.15) is 0 Å². The molecular formula is C18H20Br2N2O2. The second kappa shape index (κ2) is 9.59. The maximum absolute atomic E-state index is 10.5. The SMILES string of the molecule is CN(C)c1ccc(C=O)c(Br)c1.CN(C)c1ccc(C=O)c(Br)c1. The molecule has 0 unspecified atom stereocenters. The fraction of sp³-hybridized carbons (Fsp3) is 0.222. The molecule has 0 amide bonds. The smallest absolute Gasteiger partial charge is 0.151 e. The van der Waals surface area contributed by atoms with Crippen LogP contribution in [0.25, 0.3) is 0 Å². The van der Waals surface area contributed by atoms with E-state index < -0.39 is 0 Å². The van der Waals surface area contributed by atoms with E-state index in [2.05, 4.69) is 31.9 Å². The van der Waals surface area contributed by atoms with Gasteiger partial charge in [-0.2, -0.15) is 0 Å². The first-order valence-electron chi connectivity index (χ1n) is 7.14. The minimum absolute atomic E-state index is 0.681. The summed E-state index contributed by atoms with van der Waals surface area (Å²) in [6.45, 7) is 0. The third kappa shape index (κ3) is 5.76. The molecule has 0 spiro atoms. The normalized spacial score (nSPS) is 9.58. The van der Waals surface area contributed by atoms with E-state index in [1.807, 2.05) is 62.3 Å². The van der Waals surface area contributed by atoms with Crippen molar-refractivity contribution in [1.82, 2.24) is 0 Å². The highest BCUT2D eigenvalue weighted by Crippen LogP contribution is 2.22. The number of carbonyl (C=O) groups is 2.